The average molecular weight is 690 g/mol. The van der Waals surface area contributed by atoms with E-state index in [2.05, 4.69) is 135 Å². The SMILES string of the molecule is CN1CCCC1c1ccc[n+](CCCc2cc(CCC[N+]3=CC([C@@H]4CCCN4C)CC=C3)cc(CCC[n+]3cccc([C@@H]4CCCN4C)c3)c2)c1. The Balaban J connectivity index is 0.985. The van der Waals surface area contributed by atoms with Crippen molar-refractivity contribution in [3.05, 3.63) is 107 Å². The minimum absolute atomic E-state index is 0.578. The molecule has 4 aliphatic heterocycles. The van der Waals surface area contributed by atoms with Crippen LogP contribution < -0.4 is 9.13 Å². The highest BCUT2D eigenvalue weighted by molar-refractivity contribution is 5.58. The summed E-state index contributed by atoms with van der Waals surface area (Å²) >= 11 is 0. The second kappa shape index (κ2) is 17.6. The molecular formula is C45H65N6+3. The van der Waals surface area contributed by atoms with Gasteiger partial charge < -0.3 is 4.90 Å². The van der Waals surface area contributed by atoms with Gasteiger partial charge in [0.05, 0.1) is 5.92 Å². The van der Waals surface area contributed by atoms with Gasteiger partial charge in [0.1, 0.15) is 25.8 Å². The fraction of sp³-hybridized carbons (Fsp3) is 0.578. The molecule has 6 heterocycles. The number of rotatable bonds is 15. The smallest absolute Gasteiger partial charge is 0.173 e. The number of aryl methyl sites for hydroxylation is 5. The van der Waals surface area contributed by atoms with E-state index in [4.69, 9.17) is 0 Å². The molecule has 0 radical (unpaired) electrons. The molecule has 0 N–H and O–H groups in total. The molecule has 7 rings (SSSR count). The van der Waals surface area contributed by atoms with Crippen LogP contribution in [0.3, 0.4) is 0 Å². The molecule has 0 bridgehead atoms. The molecule has 4 aliphatic rings. The van der Waals surface area contributed by atoms with Gasteiger partial charge in [0.2, 0.25) is 0 Å². The number of hydrogen-bond acceptors (Lipinski definition) is 3. The van der Waals surface area contributed by atoms with Gasteiger partial charge in [-0.25, -0.2) is 13.7 Å². The predicted molar refractivity (Wildman–Crippen MR) is 208 cm³/mol. The summed E-state index contributed by atoms with van der Waals surface area (Å²) in [6, 6.07) is 18.6. The highest BCUT2D eigenvalue weighted by Crippen LogP contribution is 2.30. The standard InChI is InChI=1S/C45H65N6/c1-46-22-10-19-43(46)40-16-7-28-49(34-40)25-4-13-37-31-38(14-5-26-50-29-8-17-41(35-50)44-20-11-23-47(44)2)33-39(32-37)15-6-27-51-30-9-18-42(36-51)45-21-12-24-48(45)3/h7-9,16-17,28-36,42-45H,4-6,10-15,18-27H2,1-3H3/q+3/t42?,43-,44?,45-/m0/s1. The summed E-state index contributed by atoms with van der Waals surface area (Å²) in [6.45, 7) is 6.93. The van der Waals surface area contributed by atoms with Crippen LogP contribution in [0.4, 0.5) is 0 Å². The zero-order chi connectivity index (χ0) is 35.0. The van der Waals surface area contributed by atoms with Crippen LogP contribution >= 0.6 is 0 Å². The number of benzene rings is 1. The van der Waals surface area contributed by atoms with Gasteiger partial charge in [-0.3, -0.25) is 9.80 Å². The number of likely N-dealkylation sites (tertiary alicyclic amines) is 3. The van der Waals surface area contributed by atoms with E-state index < -0.39 is 0 Å². The third-order valence-electron chi connectivity index (χ3n) is 12.5. The average Bonchev–Trinajstić information content (AvgIpc) is 3.89. The van der Waals surface area contributed by atoms with E-state index in [1.54, 1.807) is 0 Å². The summed E-state index contributed by atoms with van der Waals surface area (Å²) in [6.07, 6.45) is 32.6. The number of pyridine rings is 2. The normalized spacial score (nSPS) is 24.5. The monoisotopic (exact) mass is 690 g/mol. The van der Waals surface area contributed by atoms with Crippen molar-refractivity contribution in [3.63, 3.8) is 0 Å². The lowest BCUT2D eigenvalue weighted by Crippen LogP contribution is -2.36. The molecule has 3 aromatic rings. The third kappa shape index (κ3) is 9.63. The summed E-state index contributed by atoms with van der Waals surface area (Å²) in [7, 11) is 6.87. The number of hydrogen-bond donors (Lipinski definition) is 0. The molecule has 0 spiro atoms. The zero-order valence-corrected chi connectivity index (χ0v) is 32.0. The van der Waals surface area contributed by atoms with Gasteiger partial charge in [0.25, 0.3) is 0 Å². The number of allylic oxidation sites excluding steroid dienone is 1. The fourth-order valence-electron chi connectivity index (χ4n) is 9.68. The molecule has 3 saturated heterocycles. The Morgan fingerprint density at radius 1 is 0.627 bits per heavy atom. The van der Waals surface area contributed by atoms with Crippen molar-refractivity contribution in [2.75, 3.05) is 47.3 Å². The highest BCUT2D eigenvalue weighted by Gasteiger charge is 2.31. The van der Waals surface area contributed by atoms with E-state index in [0.29, 0.717) is 24.0 Å². The van der Waals surface area contributed by atoms with Crippen molar-refractivity contribution in [1.29, 1.82) is 0 Å². The topological polar surface area (TPSA) is 20.5 Å². The van der Waals surface area contributed by atoms with Gasteiger partial charge in [-0.1, -0.05) is 18.2 Å². The van der Waals surface area contributed by atoms with Gasteiger partial charge in [-0.15, -0.1) is 0 Å². The second-order valence-corrected chi connectivity index (χ2v) is 16.4. The quantitative estimate of drug-likeness (QED) is 0.166. The lowest BCUT2D eigenvalue weighted by molar-refractivity contribution is -0.697. The molecule has 0 saturated carbocycles. The molecule has 2 unspecified atom stereocenters. The molecule has 0 aliphatic carbocycles. The van der Waals surface area contributed by atoms with Gasteiger partial charge in [-0.2, -0.15) is 0 Å². The van der Waals surface area contributed by atoms with E-state index in [0.717, 1.165) is 38.9 Å². The molecule has 6 heteroatoms. The summed E-state index contributed by atoms with van der Waals surface area (Å²) < 4.78 is 7.36. The third-order valence-corrected chi connectivity index (χ3v) is 12.5. The van der Waals surface area contributed by atoms with Crippen molar-refractivity contribution in [2.45, 2.75) is 115 Å². The molecule has 3 fully saturated rings. The summed E-state index contributed by atoms with van der Waals surface area (Å²) in [5.74, 6) is 0.660. The fourth-order valence-corrected chi connectivity index (χ4v) is 9.68. The van der Waals surface area contributed by atoms with E-state index in [-0.39, 0.29) is 0 Å². The second-order valence-electron chi connectivity index (χ2n) is 16.4. The first-order chi connectivity index (χ1) is 25.0. The van der Waals surface area contributed by atoms with Crippen LogP contribution in [0.2, 0.25) is 0 Å². The number of nitrogens with zero attached hydrogens (tertiary/aromatic N) is 6. The Morgan fingerprint density at radius 3 is 1.63 bits per heavy atom. The molecule has 0 amide bonds. The van der Waals surface area contributed by atoms with Crippen molar-refractivity contribution in [2.24, 2.45) is 5.92 Å². The van der Waals surface area contributed by atoms with Crippen molar-refractivity contribution in [3.8, 4) is 0 Å². The van der Waals surface area contributed by atoms with Gasteiger partial charge in [-0.05, 0) is 140 Å². The maximum absolute atomic E-state index is 2.58. The minimum atomic E-state index is 0.578. The van der Waals surface area contributed by atoms with Crippen molar-refractivity contribution >= 4 is 6.21 Å². The minimum Gasteiger partial charge on any atom is -0.303 e. The van der Waals surface area contributed by atoms with Crippen LogP contribution in [0.25, 0.3) is 0 Å². The predicted octanol–water partition coefficient (Wildman–Crippen LogP) is 6.70. The Labute approximate surface area is 309 Å². The van der Waals surface area contributed by atoms with Crippen LogP contribution in [0.5, 0.6) is 0 Å². The maximum Gasteiger partial charge on any atom is 0.173 e. The summed E-state index contributed by atoms with van der Waals surface area (Å²) in [4.78, 5) is 7.61. The largest absolute Gasteiger partial charge is 0.303 e. The van der Waals surface area contributed by atoms with E-state index in [1.165, 1.54) is 112 Å². The number of aromatic nitrogens is 2. The maximum atomic E-state index is 2.58. The van der Waals surface area contributed by atoms with E-state index >= 15 is 0 Å². The van der Waals surface area contributed by atoms with Gasteiger partial charge in [0, 0.05) is 60.6 Å². The van der Waals surface area contributed by atoms with Crippen LogP contribution in [0.1, 0.15) is 104 Å². The molecule has 272 valence electrons. The van der Waals surface area contributed by atoms with Crippen molar-refractivity contribution in [1.82, 2.24) is 14.7 Å². The molecule has 6 nitrogen and oxygen atoms in total. The van der Waals surface area contributed by atoms with Crippen LogP contribution in [-0.2, 0) is 32.4 Å². The van der Waals surface area contributed by atoms with Crippen LogP contribution in [-0.4, -0.2) is 78.9 Å². The highest BCUT2D eigenvalue weighted by atomic mass is 15.2. The van der Waals surface area contributed by atoms with E-state index in [1.807, 2.05) is 0 Å². The van der Waals surface area contributed by atoms with Crippen LogP contribution in [0.15, 0.2) is 79.5 Å². The molecule has 51 heavy (non-hydrogen) atoms. The lowest BCUT2D eigenvalue weighted by atomic mass is 9.94. The first kappa shape index (κ1) is 36.2. The Morgan fingerprint density at radius 2 is 1.14 bits per heavy atom. The Hall–Kier alpha value is -3.19. The molecule has 4 atom stereocenters. The van der Waals surface area contributed by atoms with Gasteiger partial charge >= 0.3 is 0 Å². The van der Waals surface area contributed by atoms with Crippen molar-refractivity contribution < 1.29 is 13.7 Å². The zero-order valence-electron chi connectivity index (χ0n) is 32.0. The molecule has 1 aromatic carbocycles. The van der Waals surface area contributed by atoms with E-state index in [9.17, 15) is 0 Å². The Bertz CT molecular complexity index is 1560. The first-order valence-electron chi connectivity index (χ1n) is 20.5. The molecule has 2 aromatic heterocycles. The lowest BCUT2D eigenvalue weighted by Gasteiger charge is -2.25. The summed E-state index contributed by atoms with van der Waals surface area (Å²) in [5.41, 5.74) is 7.50. The molecular weight excluding hydrogens is 625 g/mol. The van der Waals surface area contributed by atoms with Gasteiger partial charge in [0.15, 0.2) is 31.0 Å². The van der Waals surface area contributed by atoms with Crippen LogP contribution in [0, 0.1) is 5.92 Å². The Kier molecular flexibility index (Phi) is 12.5. The summed E-state index contributed by atoms with van der Waals surface area (Å²) in [5, 5.41) is 0. The first-order valence-corrected chi connectivity index (χ1v) is 20.5.